The number of anilines is 1. The lowest BCUT2D eigenvalue weighted by molar-refractivity contribution is -0.150. The van der Waals surface area contributed by atoms with E-state index in [-0.39, 0.29) is 11.9 Å². The van der Waals surface area contributed by atoms with E-state index in [4.69, 9.17) is 31.2 Å². The van der Waals surface area contributed by atoms with Gasteiger partial charge in [0.1, 0.15) is 11.7 Å². The first-order chi connectivity index (χ1) is 16.4. The fourth-order valence-electron chi connectivity index (χ4n) is 4.69. The number of hydrogen-bond acceptors (Lipinski definition) is 6. The molecule has 2 aromatic rings. The van der Waals surface area contributed by atoms with Gasteiger partial charge in [0.05, 0.1) is 19.8 Å². The molecule has 1 fully saturated rings. The Kier molecular flexibility index (Phi) is 7.13. The van der Waals surface area contributed by atoms with Gasteiger partial charge in [-0.2, -0.15) is 0 Å². The number of carbonyl (C=O) groups is 1. The molecular formula is C25H31N3O5S. The maximum Gasteiger partial charge on any atom is 0.236 e. The lowest BCUT2D eigenvalue weighted by Crippen LogP contribution is -2.71. The molecule has 2 bridgehead atoms. The summed E-state index contributed by atoms with van der Waals surface area (Å²) in [5.41, 5.74) is 0.490. The van der Waals surface area contributed by atoms with Crippen LogP contribution in [0.25, 0.3) is 0 Å². The molecule has 0 radical (unpaired) electrons. The molecule has 2 heterocycles. The fraction of sp³-hybridized carbons (Fsp3) is 0.440. The molecule has 8 nitrogen and oxygen atoms in total. The normalized spacial score (nSPS) is 22.8. The van der Waals surface area contributed by atoms with E-state index >= 15 is 0 Å². The van der Waals surface area contributed by atoms with E-state index in [1.807, 2.05) is 61.2 Å². The van der Waals surface area contributed by atoms with Gasteiger partial charge in [0.15, 0.2) is 22.3 Å². The average Bonchev–Trinajstić information content (AvgIpc) is 2.82. The summed E-state index contributed by atoms with van der Waals surface area (Å²) in [5.74, 6) is 1.25. The summed E-state index contributed by atoms with van der Waals surface area (Å²) >= 11 is 5.73. The molecule has 1 amide bonds. The average molecular weight is 486 g/mol. The van der Waals surface area contributed by atoms with E-state index in [9.17, 15) is 4.79 Å². The maximum atomic E-state index is 13.8. The van der Waals surface area contributed by atoms with Crippen molar-refractivity contribution in [2.24, 2.45) is 5.92 Å². The Bertz CT molecular complexity index is 1050. The molecule has 9 heteroatoms. The van der Waals surface area contributed by atoms with Crippen LogP contribution < -0.4 is 24.8 Å². The van der Waals surface area contributed by atoms with Crippen LogP contribution in [-0.4, -0.2) is 55.6 Å². The third kappa shape index (κ3) is 4.37. The number of benzene rings is 2. The first-order valence-electron chi connectivity index (χ1n) is 11.4. The molecule has 0 spiro atoms. The van der Waals surface area contributed by atoms with Crippen molar-refractivity contribution in [3.63, 3.8) is 0 Å². The van der Waals surface area contributed by atoms with Crippen molar-refractivity contribution in [1.82, 2.24) is 10.2 Å². The van der Waals surface area contributed by atoms with Crippen molar-refractivity contribution in [2.45, 2.75) is 32.0 Å². The van der Waals surface area contributed by atoms with Crippen LogP contribution in [0.3, 0.4) is 0 Å². The van der Waals surface area contributed by atoms with Crippen LogP contribution in [0.4, 0.5) is 5.69 Å². The Balaban J connectivity index is 1.73. The summed E-state index contributed by atoms with van der Waals surface area (Å²) in [6, 6.07) is 12.6. The van der Waals surface area contributed by atoms with Crippen molar-refractivity contribution in [3.8, 4) is 17.2 Å². The minimum absolute atomic E-state index is 0.170. The first-order valence-corrected chi connectivity index (χ1v) is 11.8. The largest absolute Gasteiger partial charge is 0.497 e. The Morgan fingerprint density at radius 2 is 2.00 bits per heavy atom. The molecular weight excluding hydrogens is 454 g/mol. The lowest BCUT2D eigenvalue weighted by Gasteiger charge is -2.56. The van der Waals surface area contributed by atoms with Gasteiger partial charge in [0, 0.05) is 31.5 Å². The second kappa shape index (κ2) is 10.1. The summed E-state index contributed by atoms with van der Waals surface area (Å²) < 4.78 is 23.0. The molecule has 2 aliphatic rings. The highest BCUT2D eigenvalue weighted by atomic mass is 32.1. The van der Waals surface area contributed by atoms with Crippen LogP contribution in [-0.2, 0) is 9.53 Å². The summed E-state index contributed by atoms with van der Waals surface area (Å²) in [7, 11) is 3.27. The number of para-hydroxylation sites is 1. The second-order valence-corrected chi connectivity index (χ2v) is 8.77. The van der Waals surface area contributed by atoms with Gasteiger partial charge in [-0.15, -0.1) is 0 Å². The van der Waals surface area contributed by atoms with E-state index in [1.54, 1.807) is 14.2 Å². The quantitative estimate of drug-likeness (QED) is 0.411. The zero-order valence-electron chi connectivity index (χ0n) is 19.9. The highest BCUT2D eigenvalue weighted by molar-refractivity contribution is 7.80. The van der Waals surface area contributed by atoms with E-state index in [0.717, 1.165) is 17.7 Å². The predicted octanol–water partition coefficient (Wildman–Crippen LogP) is 3.73. The number of carbonyl (C=O) groups excluding carboxylic acids is 1. The summed E-state index contributed by atoms with van der Waals surface area (Å²) in [4.78, 5) is 15.7. The number of methoxy groups -OCH3 is 2. The monoisotopic (exact) mass is 485 g/mol. The number of fused-ring (bicyclic) bond motifs is 4. The molecule has 4 rings (SSSR count). The maximum absolute atomic E-state index is 13.8. The molecule has 0 aromatic heterocycles. The van der Waals surface area contributed by atoms with Crippen LogP contribution in [0, 0.1) is 5.92 Å². The lowest BCUT2D eigenvalue weighted by atomic mass is 9.78. The Morgan fingerprint density at radius 1 is 1.24 bits per heavy atom. The molecule has 2 aliphatic heterocycles. The van der Waals surface area contributed by atoms with Crippen molar-refractivity contribution >= 4 is 28.9 Å². The number of ether oxygens (including phenoxy) is 4. The van der Waals surface area contributed by atoms with Crippen molar-refractivity contribution in [2.75, 3.05) is 39.3 Å². The van der Waals surface area contributed by atoms with Gasteiger partial charge in [-0.05, 0) is 62.8 Å². The third-order valence-electron chi connectivity index (χ3n) is 6.29. The van der Waals surface area contributed by atoms with Crippen LogP contribution in [0.1, 0.15) is 31.9 Å². The summed E-state index contributed by atoms with van der Waals surface area (Å²) in [6.07, 6.45) is 0.731. The van der Waals surface area contributed by atoms with E-state index < -0.39 is 11.6 Å². The molecule has 182 valence electrons. The minimum Gasteiger partial charge on any atom is -0.497 e. The molecule has 1 saturated heterocycles. The van der Waals surface area contributed by atoms with Crippen molar-refractivity contribution in [3.05, 3.63) is 48.0 Å². The number of nitrogens with zero attached hydrogens (tertiary/aromatic N) is 1. The molecule has 0 saturated carbocycles. The van der Waals surface area contributed by atoms with E-state index in [2.05, 4.69) is 10.6 Å². The standard InChI is InChI=1S/C25H31N3O5S/c1-5-32-19-9-6-8-18-21-20(23(29)26-16-10-12-17(31-4)13-11-16)25(2,33-22(18)19)28(24(34)27-21)14-7-15-30-3/h6,8-13,20-21H,5,7,14-15H2,1-4H3,(H,26,29)(H,27,34)/t20-,21+,25+/m0/s1. The van der Waals surface area contributed by atoms with Gasteiger partial charge < -0.3 is 34.5 Å². The Hall–Kier alpha value is -3.04. The van der Waals surface area contributed by atoms with Crippen LogP contribution in [0.15, 0.2) is 42.5 Å². The van der Waals surface area contributed by atoms with Crippen molar-refractivity contribution < 1.29 is 23.7 Å². The first kappa shape index (κ1) is 24.1. The minimum atomic E-state index is -1.03. The smallest absolute Gasteiger partial charge is 0.236 e. The number of hydrogen-bond donors (Lipinski definition) is 2. The molecule has 0 unspecified atom stereocenters. The highest BCUT2D eigenvalue weighted by Crippen LogP contribution is 2.51. The van der Waals surface area contributed by atoms with Gasteiger partial charge in [0.25, 0.3) is 0 Å². The van der Waals surface area contributed by atoms with E-state index in [0.29, 0.717) is 42.1 Å². The van der Waals surface area contributed by atoms with Gasteiger partial charge in [0.2, 0.25) is 5.91 Å². The number of rotatable bonds is 9. The predicted molar refractivity (Wildman–Crippen MR) is 133 cm³/mol. The van der Waals surface area contributed by atoms with Gasteiger partial charge in [-0.3, -0.25) is 4.79 Å². The zero-order chi connectivity index (χ0) is 24.3. The van der Waals surface area contributed by atoms with Crippen LogP contribution in [0.5, 0.6) is 17.2 Å². The SMILES string of the molecule is CCOc1cccc2c1O[C@]1(C)[C@H](C(=O)Nc3ccc(OC)cc3)[C@@H]2NC(=S)N1CCCOC. The number of thiocarbonyl (C=S) groups is 1. The van der Waals surface area contributed by atoms with Gasteiger partial charge in [-0.1, -0.05) is 12.1 Å². The molecule has 3 atom stereocenters. The van der Waals surface area contributed by atoms with Gasteiger partial charge in [-0.25, -0.2) is 0 Å². The zero-order valence-corrected chi connectivity index (χ0v) is 20.7. The summed E-state index contributed by atoms with van der Waals surface area (Å²) in [6.45, 7) is 5.50. The Morgan fingerprint density at radius 3 is 2.68 bits per heavy atom. The fourth-order valence-corrected chi connectivity index (χ4v) is 5.09. The molecule has 2 N–H and O–H groups in total. The third-order valence-corrected chi connectivity index (χ3v) is 6.63. The number of amides is 1. The van der Waals surface area contributed by atoms with Crippen LogP contribution >= 0.6 is 12.2 Å². The molecule has 2 aromatic carbocycles. The topological polar surface area (TPSA) is 81.3 Å². The van der Waals surface area contributed by atoms with Crippen molar-refractivity contribution in [1.29, 1.82) is 0 Å². The van der Waals surface area contributed by atoms with Gasteiger partial charge >= 0.3 is 0 Å². The molecule has 34 heavy (non-hydrogen) atoms. The number of nitrogens with one attached hydrogen (secondary N) is 2. The summed E-state index contributed by atoms with van der Waals surface area (Å²) in [5, 5.41) is 7.01. The highest BCUT2D eigenvalue weighted by Gasteiger charge is 2.59. The molecule has 0 aliphatic carbocycles. The Labute approximate surface area is 205 Å². The second-order valence-electron chi connectivity index (χ2n) is 8.38. The van der Waals surface area contributed by atoms with E-state index in [1.165, 1.54) is 0 Å². The van der Waals surface area contributed by atoms with Crippen LogP contribution in [0.2, 0.25) is 0 Å².